The zero-order valence-electron chi connectivity index (χ0n) is 15.8. The highest BCUT2D eigenvalue weighted by Gasteiger charge is 2.39. The number of methoxy groups -OCH3 is 1. The van der Waals surface area contributed by atoms with Crippen molar-refractivity contribution >= 4 is 5.91 Å². The fourth-order valence-corrected chi connectivity index (χ4v) is 4.41. The highest BCUT2D eigenvalue weighted by molar-refractivity contribution is 5.77. The molecule has 1 aliphatic carbocycles. The first kappa shape index (κ1) is 18.2. The molecular weight excluding hydrogens is 342 g/mol. The van der Waals surface area contributed by atoms with E-state index in [1.54, 1.807) is 7.11 Å². The van der Waals surface area contributed by atoms with Gasteiger partial charge in [0.1, 0.15) is 0 Å². The highest BCUT2D eigenvalue weighted by Crippen LogP contribution is 2.35. The Labute approximate surface area is 159 Å². The molecule has 2 heterocycles. The van der Waals surface area contributed by atoms with Gasteiger partial charge in [-0.05, 0) is 30.9 Å². The first-order valence-corrected chi connectivity index (χ1v) is 9.90. The zero-order chi connectivity index (χ0) is 18.6. The second kappa shape index (κ2) is 8.21. The molecule has 2 fully saturated rings. The average Bonchev–Trinajstić information content (AvgIpc) is 3.43. The molecule has 0 unspecified atom stereocenters. The number of ether oxygens (including phenoxy) is 1. The molecule has 1 aromatic heterocycles. The lowest BCUT2D eigenvalue weighted by Gasteiger charge is -2.18. The van der Waals surface area contributed by atoms with Crippen molar-refractivity contribution in [1.29, 1.82) is 0 Å². The SMILES string of the molecule is COC[C@@H]1CN(C(=O)CC2CCCC2)C[C@H]1c1nnc(-c2ccccc2)o1. The monoisotopic (exact) mass is 369 g/mol. The summed E-state index contributed by atoms with van der Waals surface area (Å²) in [7, 11) is 1.70. The van der Waals surface area contributed by atoms with Crippen LogP contribution in [-0.2, 0) is 9.53 Å². The molecule has 2 aliphatic rings. The van der Waals surface area contributed by atoms with Crippen LogP contribution in [0, 0.1) is 11.8 Å². The number of hydrogen-bond donors (Lipinski definition) is 0. The maximum Gasteiger partial charge on any atom is 0.247 e. The molecule has 4 rings (SSSR count). The van der Waals surface area contributed by atoms with Gasteiger partial charge in [-0.3, -0.25) is 4.79 Å². The van der Waals surface area contributed by atoms with Gasteiger partial charge in [-0.1, -0.05) is 31.0 Å². The lowest BCUT2D eigenvalue weighted by atomic mass is 9.97. The van der Waals surface area contributed by atoms with E-state index < -0.39 is 0 Å². The number of rotatable bonds is 6. The Kier molecular flexibility index (Phi) is 5.53. The van der Waals surface area contributed by atoms with Gasteiger partial charge in [0.05, 0.1) is 12.5 Å². The fourth-order valence-electron chi connectivity index (χ4n) is 4.41. The standard InChI is InChI=1S/C21H27N3O3/c1-26-14-17-12-24(19(25)11-15-7-5-6-8-15)13-18(17)21-23-22-20(27-21)16-9-3-2-4-10-16/h2-4,9-10,15,17-18H,5-8,11-14H2,1H3/t17-,18+/m0/s1. The summed E-state index contributed by atoms with van der Waals surface area (Å²) in [5.41, 5.74) is 0.909. The first-order chi connectivity index (χ1) is 13.2. The maximum atomic E-state index is 12.8. The van der Waals surface area contributed by atoms with Crippen LogP contribution in [0.2, 0.25) is 0 Å². The second-order valence-electron chi connectivity index (χ2n) is 7.79. The van der Waals surface area contributed by atoms with Gasteiger partial charge in [0.15, 0.2) is 0 Å². The molecule has 144 valence electrons. The van der Waals surface area contributed by atoms with Crippen molar-refractivity contribution in [3.63, 3.8) is 0 Å². The molecule has 2 atom stereocenters. The van der Waals surface area contributed by atoms with E-state index in [4.69, 9.17) is 9.15 Å². The van der Waals surface area contributed by atoms with E-state index in [1.807, 2.05) is 35.2 Å². The van der Waals surface area contributed by atoms with Gasteiger partial charge in [0.2, 0.25) is 17.7 Å². The fraction of sp³-hybridized carbons (Fsp3) is 0.571. The molecule has 1 aromatic carbocycles. The minimum atomic E-state index is 0.0300. The van der Waals surface area contributed by atoms with Crippen LogP contribution >= 0.6 is 0 Å². The Morgan fingerprint density at radius 3 is 2.70 bits per heavy atom. The van der Waals surface area contributed by atoms with E-state index >= 15 is 0 Å². The molecule has 0 radical (unpaired) electrons. The van der Waals surface area contributed by atoms with Gasteiger partial charge in [0, 0.05) is 38.1 Å². The third kappa shape index (κ3) is 4.05. The van der Waals surface area contributed by atoms with Crippen LogP contribution in [0.5, 0.6) is 0 Å². The quantitative estimate of drug-likeness (QED) is 0.779. The van der Waals surface area contributed by atoms with E-state index in [9.17, 15) is 4.79 Å². The second-order valence-corrected chi connectivity index (χ2v) is 7.79. The normalized spacial score (nSPS) is 23.2. The molecule has 27 heavy (non-hydrogen) atoms. The molecule has 1 saturated heterocycles. The average molecular weight is 369 g/mol. The van der Waals surface area contributed by atoms with Crippen LogP contribution in [-0.4, -0.2) is 47.8 Å². The summed E-state index contributed by atoms with van der Waals surface area (Å²) in [6, 6.07) is 9.77. The smallest absolute Gasteiger partial charge is 0.247 e. The van der Waals surface area contributed by atoms with Crippen LogP contribution in [0.25, 0.3) is 11.5 Å². The molecule has 6 heteroatoms. The van der Waals surface area contributed by atoms with Crippen molar-refractivity contribution in [3.8, 4) is 11.5 Å². The minimum Gasteiger partial charge on any atom is -0.420 e. The van der Waals surface area contributed by atoms with Gasteiger partial charge in [-0.15, -0.1) is 10.2 Å². The molecule has 0 bridgehead atoms. The summed E-state index contributed by atoms with van der Waals surface area (Å²) >= 11 is 0. The van der Waals surface area contributed by atoms with Gasteiger partial charge in [0.25, 0.3) is 0 Å². The molecular formula is C21H27N3O3. The zero-order valence-corrected chi connectivity index (χ0v) is 15.8. The summed E-state index contributed by atoms with van der Waals surface area (Å²) in [6.07, 6.45) is 5.57. The lowest BCUT2D eigenvalue weighted by molar-refractivity contribution is -0.131. The van der Waals surface area contributed by atoms with E-state index in [0.717, 1.165) is 5.56 Å². The van der Waals surface area contributed by atoms with Crippen molar-refractivity contribution < 1.29 is 13.9 Å². The Bertz CT molecular complexity index is 755. The summed E-state index contributed by atoms with van der Waals surface area (Å²) in [5, 5.41) is 8.51. The number of aromatic nitrogens is 2. The molecule has 0 spiro atoms. The minimum absolute atomic E-state index is 0.0300. The van der Waals surface area contributed by atoms with E-state index in [0.29, 0.717) is 43.8 Å². The Balaban J connectivity index is 1.47. The molecule has 0 N–H and O–H groups in total. The number of amides is 1. The van der Waals surface area contributed by atoms with E-state index in [2.05, 4.69) is 10.2 Å². The number of benzene rings is 1. The van der Waals surface area contributed by atoms with Gasteiger partial charge >= 0.3 is 0 Å². The Hall–Kier alpha value is -2.21. The molecule has 2 aromatic rings. The molecule has 6 nitrogen and oxygen atoms in total. The summed E-state index contributed by atoms with van der Waals surface area (Å²) in [4.78, 5) is 14.7. The summed E-state index contributed by atoms with van der Waals surface area (Å²) < 4.78 is 11.4. The van der Waals surface area contributed by atoms with E-state index in [-0.39, 0.29) is 17.7 Å². The van der Waals surface area contributed by atoms with Crippen LogP contribution in [0.3, 0.4) is 0 Å². The third-order valence-corrected chi connectivity index (χ3v) is 5.89. The lowest BCUT2D eigenvalue weighted by Crippen LogP contribution is -2.30. The van der Waals surface area contributed by atoms with Crippen molar-refractivity contribution in [3.05, 3.63) is 36.2 Å². The first-order valence-electron chi connectivity index (χ1n) is 9.90. The number of nitrogens with zero attached hydrogens (tertiary/aromatic N) is 3. The topological polar surface area (TPSA) is 68.5 Å². The third-order valence-electron chi connectivity index (χ3n) is 5.89. The largest absolute Gasteiger partial charge is 0.420 e. The Morgan fingerprint density at radius 1 is 1.19 bits per heavy atom. The number of hydrogen-bond acceptors (Lipinski definition) is 5. The van der Waals surface area contributed by atoms with Crippen molar-refractivity contribution in [2.75, 3.05) is 26.8 Å². The molecule has 1 aliphatic heterocycles. The predicted octanol–water partition coefficient (Wildman–Crippen LogP) is 3.51. The number of carbonyl (C=O) groups excluding carboxylic acids is 1. The van der Waals surface area contributed by atoms with Crippen LogP contribution in [0.4, 0.5) is 0 Å². The van der Waals surface area contributed by atoms with Crippen LogP contribution in [0.15, 0.2) is 34.7 Å². The van der Waals surface area contributed by atoms with Gasteiger partial charge in [-0.2, -0.15) is 0 Å². The Morgan fingerprint density at radius 2 is 1.96 bits per heavy atom. The molecule has 1 saturated carbocycles. The van der Waals surface area contributed by atoms with Crippen molar-refractivity contribution in [1.82, 2.24) is 15.1 Å². The van der Waals surface area contributed by atoms with Crippen molar-refractivity contribution in [2.45, 2.75) is 38.0 Å². The van der Waals surface area contributed by atoms with E-state index in [1.165, 1.54) is 25.7 Å². The highest BCUT2D eigenvalue weighted by atomic mass is 16.5. The van der Waals surface area contributed by atoms with Crippen LogP contribution < -0.4 is 0 Å². The van der Waals surface area contributed by atoms with Gasteiger partial charge in [-0.25, -0.2) is 0 Å². The maximum absolute atomic E-state index is 12.8. The number of likely N-dealkylation sites (tertiary alicyclic amines) is 1. The summed E-state index contributed by atoms with van der Waals surface area (Å²) in [6.45, 7) is 1.92. The predicted molar refractivity (Wildman–Crippen MR) is 101 cm³/mol. The molecule has 1 amide bonds. The number of carbonyl (C=O) groups is 1. The summed E-state index contributed by atoms with van der Waals surface area (Å²) in [5.74, 6) is 2.16. The van der Waals surface area contributed by atoms with Crippen molar-refractivity contribution in [2.24, 2.45) is 11.8 Å². The van der Waals surface area contributed by atoms with Crippen LogP contribution in [0.1, 0.15) is 43.9 Å². The van der Waals surface area contributed by atoms with Gasteiger partial charge < -0.3 is 14.1 Å².